The average molecular weight is 309 g/mol. The SMILES string of the molecule is Fc1ccc(SCc2noc(CC3CNCCO3)n2)cc1. The zero-order valence-electron chi connectivity index (χ0n) is 11.4. The van der Waals surface area contributed by atoms with Crippen molar-refractivity contribution in [3.8, 4) is 0 Å². The van der Waals surface area contributed by atoms with E-state index in [2.05, 4.69) is 15.5 Å². The van der Waals surface area contributed by atoms with Gasteiger partial charge < -0.3 is 14.6 Å². The molecular weight excluding hydrogens is 293 g/mol. The lowest BCUT2D eigenvalue weighted by Crippen LogP contribution is -2.39. The van der Waals surface area contributed by atoms with Crippen LogP contribution in [0.1, 0.15) is 11.7 Å². The predicted molar refractivity (Wildman–Crippen MR) is 76.6 cm³/mol. The van der Waals surface area contributed by atoms with Crippen LogP contribution in [0, 0.1) is 5.82 Å². The van der Waals surface area contributed by atoms with Crippen LogP contribution in [-0.2, 0) is 16.9 Å². The number of halogens is 1. The molecule has 1 fully saturated rings. The molecular formula is C14H16FN3O2S. The van der Waals surface area contributed by atoms with Gasteiger partial charge in [0.1, 0.15) is 5.82 Å². The molecule has 1 aromatic heterocycles. The van der Waals surface area contributed by atoms with Crippen molar-refractivity contribution in [2.24, 2.45) is 0 Å². The third kappa shape index (κ3) is 4.26. The van der Waals surface area contributed by atoms with Gasteiger partial charge in [-0.1, -0.05) is 5.16 Å². The van der Waals surface area contributed by atoms with E-state index in [1.165, 1.54) is 12.1 Å². The smallest absolute Gasteiger partial charge is 0.229 e. The van der Waals surface area contributed by atoms with Crippen molar-refractivity contribution in [3.05, 3.63) is 41.8 Å². The molecule has 7 heteroatoms. The van der Waals surface area contributed by atoms with Gasteiger partial charge in [-0.05, 0) is 24.3 Å². The molecule has 1 atom stereocenters. The van der Waals surface area contributed by atoms with Crippen molar-refractivity contribution in [3.63, 3.8) is 0 Å². The standard InChI is InChI=1S/C14H16FN3O2S/c15-10-1-3-12(4-2-10)21-9-13-17-14(20-18-13)7-11-8-16-5-6-19-11/h1-4,11,16H,5-9H2. The van der Waals surface area contributed by atoms with Crippen LogP contribution in [0.2, 0.25) is 0 Å². The molecule has 1 aliphatic heterocycles. The Morgan fingerprint density at radius 2 is 2.19 bits per heavy atom. The molecule has 3 rings (SSSR count). The zero-order chi connectivity index (χ0) is 14.5. The molecule has 0 bridgehead atoms. The number of benzene rings is 1. The monoisotopic (exact) mass is 309 g/mol. The summed E-state index contributed by atoms with van der Waals surface area (Å²) in [4.78, 5) is 5.33. The van der Waals surface area contributed by atoms with Gasteiger partial charge in [0, 0.05) is 18.0 Å². The topological polar surface area (TPSA) is 60.2 Å². The van der Waals surface area contributed by atoms with Gasteiger partial charge in [0.25, 0.3) is 0 Å². The second kappa shape index (κ2) is 7.02. The third-order valence-electron chi connectivity index (χ3n) is 3.10. The maximum absolute atomic E-state index is 12.8. The molecule has 21 heavy (non-hydrogen) atoms. The van der Waals surface area contributed by atoms with Gasteiger partial charge in [0.2, 0.25) is 5.89 Å². The van der Waals surface area contributed by atoms with E-state index < -0.39 is 0 Å². The fourth-order valence-electron chi connectivity index (χ4n) is 2.06. The van der Waals surface area contributed by atoms with Crippen molar-refractivity contribution >= 4 is 11.8 Å². The average Bonchev–Trinajstić information content (AvgIpc) is 2.95. The predicted octanol–water partition coefficient (Wildman–Crippen LogP) is 2.03. The normalized spacial score (nSPS) is 18.8. The summed E-state index contributed by atoms with van der Waals surface area (Å²) >= 11 is 1.55. The number of nitrogens with one attached hydrogen (secondary N) is 1. The van der Waals surface area contributed by atoms with Gasteiger partial charge in [0.05, 0.1) is 24.9 Å². The third-order valence-corrected chi connectivity index (χ3v) is 4.11. The molecule has 112 valence electrons. The van der Waals surface area contributed by atoms with Crippen LogP contribution in [0.5, 0.6) is 0 Å². The quantitative estimate of drug-likeness (QED) is 0.853. The minimum atomic E-state index is -0.234. The Kier molecular flexibility index (Phi) is 4.84. The summed E-state index contributed by atoms with van der Waals surface area (Å²) in [7, 11) is 0. The summed E-state index contributed by atoms with van der Waals surface area (Å²) in [6, 6.07) is 6.36. The number of hydrogen-bond donors (Lipinski definition) is 1. The fraction of sp³-hybridized carbons (Fsp3) is 0.429. The highest BCUT2D eigenvalue weighted by Gasteiger charge is 2.17. The van der Waals surface area contributed by atoms with E-state index in [0.29, 0.717) is 30.5 Å². The van der Waals surface area contributed by atoms with E-state index >= 15 is 0 Å². The van der Waals surface area contributed by atoms with E-state index in [0.717, 1.165) is 18.0 Å². The molecule has 0 aliphatic carbocycles. The highest BCUT2D eigenvalue weighted by molar-refractivity contribution is 7.98. The van der Waals surface area contributed by atoms with Gasteiger partial charge in [-0.2, -0.15) is 4.98 Å². The van der Waals surface area contributed by atoms with E-state index in [9.17, 15) is 4.39 Å². The molecule has 0 amide bonds. The Morgan fingerprint density at radius 3 is 2.95 bits per heavy atom. The Morgan fingerprint density at radius 1 is 1.33 bits per heavy atom. The largest absolute Gasteiger partial charge is 0.375 e. The number of ether oxygens (including phenoxy) is 1. The number of nitrogens with zero attached hydrogens (tertiary/aromatic N) is 2. The molecule has 2 aromatic rings. The summed E-state index contributed by atoms with van der Waals surface area (Å²) < 4.78 is 23.6. The molecule has 5 nitrogen and oxygen atoms in total. The summed E-state index contributed by atoms with van der Waals surface area (Å²) in [5.74, 6) is 1.60. The van der Waals surface area contributed by atoms with Crippen LogP contribution in [-0.4, -0.2) is 35.9 Å². The molecule has 1 unspecified atom stereocenters. The van der Waals surface area contributed by atoms with Crippen LogP contribution in [0.4, 0.5) is 4.39 Å². The zero-order valence-corrected chi connectivity index (χ0v) is 12.2. The summed E-state index contributed by atoms with van der Waals surface area (Å²) in [6.07, 6.45) is 0.720. The molecule has 1 saturated heterocycles. The molecule has 2 heterocycles. The Hall–Kier alpha value is -1.44. The van der Waals surface area contributed by atoms with Gasteiger partial charge >= 0.3 is 0 Å². The van der Waals surface area contributed by atoms with E-state index in [1.54, 1.807) is 23.9 Å². The van der Waals surface area contributed by atoms with Crippen molar-refractivity contribution in [2.45, 2.75) is 23.2 Å². The lowest BCUT2D eigenvalue weighted by Gasteiger charge is -2.21. The van der Waals surface area contributed by atoms with Gasteiger partial charge in [-0.25, -0.2) is 4.39 Å². The Labute approximate surface area is 126 Å². The van der Waals surface area contributed by atoms with Gasteiger partial charge in [-0.15, -0.1) is 11.8 Å². The minimum absolute atomic E-state index is 0.0943. The molecule has 1 aromatic carbocycles. The van der Waals surface area contributed by atoms with E-state index in [4.69, 9.17) is 9.26 Å². The van der Waals surface area contributed by atoms with Crippen molar-refractivity contribution in [2.75, 3.05) is 19.7 Å². The van der Waals surface area contributed by atoms with Crippen LogP contribution in [0.15, 0.2) is 33.7 Å². The number of aromatic nitrogens is 2. The lowest BCUT2D eigenvalue weighted by atomic mass is 10.2. The number of hydrogen-bond acceptors (Lipinski definition) is 6. The first-order valence-electron chi connectivity index (χ1n) is 6.82. The summed E-state index contributed by atoms with van der Waals surface area (Å²) in [5.41, 5.74) is 0. The first-order chi connectivity index (χ1) is 10.3. The van der Waals surface area contributed by atoms with Crippen LogP contribution in [0.3, 0.4) is 0 Å². The summed E-state index contributed by atoms with van der Waals surface area (Å²) in [6.45, 7) is 2.41. The van der Waals surface area contributed by atoms with Crippen LogP contribution >= 0.6 is 11.8 Å². The molecule has 0 radical (unpaired) electrons. The molecule has 0 saturated carbocycles. The highest BCUT2D eigenvalue weighted by atomic mass is 32.2. The van der Waals surface area contributed by atoms with Gasteiger partial charge in [-0.3, -0.25) is 0 Å². The lowest BCUT2D eigenvalue weighted by molar-refractivity contribution is 0.0246. The van der Waals surface area contributed by atoms with Crippen LogP contribution < -0.4 is 5.32 Å². The van der Waals surface area contributed by atoms with Crippen LogP contribution in [0.25, 0.3) is 0 Å². The van der Waals surface area contributed by atoms with E-state index in [-0.39, 0.29) is 11.9 Å². The first-order valence-corrected chi connectivity index (χ1v) is 7.80. The number of morpholine rings is 1. The number of rotatable bonds is 5. The summed E-state index contributed by atoms with van der Waals surface area (Å²) in [5, 5.41) is 7.22. The maximum Gasteiger partial charge on any atom is 0.229 e. The van der Waals surface area contributed by atoms with Crippen molar-refractivity contribution < 1.29 is 13.7 Å². The van der Waals surface area contributed by atoms with Crippen molar-refractivity contribution in [1.29, 1.82) is 0 Å². The second-order valence-electron chi connectivity index (χ2n) is 4.75. The molecule has 0 spiro atoms. The molecule has 1 aliphatic rings. The minimum Gasteiger partial charge on any atom is -0.375 e. The number of thioether (sulfide) groups is 1. The first kappa shape index (κ1) is 14.5. The Bertz CT molecular complexity index is 570. The molecule has 1 N–H and O–H groups in total. The van der Waals surface area contributed by atoms with E-state index in [1.807, 2.05) is 0 Å². The Balaban J connectivity index is 1.51. The second-order valence-corrected chi connectivity index (χ2v) is 5.80. The van der Waals surface area contributed by atoms with Gasteiger partial charge in [0.15, 0.2) is 5.82 Å². The highest BCUT2D eigenvalue weighted by Crippen LogP contribution is 2.21. The van der Waals surface area contributed by atoms with Crippen molar-refractivity contribution in [1.82, 2.24) is 15.5 Å². The fourth-order valence-corrected chi connectivity index (χ4v) is 2.80. The maximum atomic E-state index is 12.8.